The van der Waals surface area contributed by atoms with Crippen molar-refractivity contribution in [2.75, 3.05) is 13.1 Å². The third-order valence-electron chi connectivity index (χ3n) is 7.46. The molecule has 4 N–H and O–H groups in total. The quantitative estimate of drug-likeness (QED) is 0.0870. The van der Waals surface area contributed by atoms with Gasteiger partial charge < -0.3 is 21.3 Å². The molecule has 0 saturated heterocycles. The van der Waals surface area contributed by atoms with E-state index in [2.05, 4.69) is 42.0 Å². The molecule has 0 fully saturated rings. The van der Waals surface area contributed by atoms with Gasteiger partial charge in [-0.05, 0) is 64.7 Å². The summed E-state index contributed by atoms with van der Waals surface area (Å²) in [5.74, 6) is -0.518. The predicted octanol–water partition coefficient (Wildman–Crippen LogP) is 5.64. The maximum atomic E-state index is 13.2. The zero-order chi connectivity index (χ0) is 31.4. The lowest BCUT2D eigenvalue weighted by molar-refractivity contribution is -0.131. The van der Waals surface area contributed by atoms with Crippen LogP contribution in [0.4, 0.5) is 0 Å². The van der Waals surface area contributed by atoms with Gasteiger partial charge in [0, 0.05) is 32.4 Å². The lowest BCUT2D eigenvalue weighted by Gasteiger charge is -2.22. The Hall–Kier alpha value is -2.45. The zero-order valence-corrected chi connectivity index (χ0v) is 27.3. The van der Waals surface area contributed by atoms with Gasteiger partial charge in [0.05, 0.1) is 6.04 Å². The summed E-state index contributed by atoms with van der Waals surface area (Å²) in [5, 5.41) is 11.6. The summed E-state index contributed by atoms with van der Waals surface area (Å²) in [6, 6.07) is -1.36. The lowest BCUT2D eigenvalue weighted by atomic mass is 10.0. The number of nitrogens with one attached hydrogen (secondary N) is 4. The maximum absolute atomic E-state index is 13.2. The molecular formula is C33H62N4O5. The van der Waals surface area contributed by atoms with Crippen LogP contribution in [0.1, 0.15) is 156 Å². The molecule has 0 spiro atoms. The average molecular weight is 595 g/mol. The average Bonchev–Trinajstić information content (AvgIpc) is 2.95. The highest BCUT2D eigenvalue weighted by atomic mass is 16.2. The summed E-state index contributed by atoms with van der Waals surface area (Å²) in [5.41, 5.74) is 0. The van der Waals surface area contributed by atoms with Crippen molar-refractivity contribution in [2.24, 2.45) is 0 Å². The minimum Gasteiger partial charge on any atom is -0.356 e. The fraction of sp³-hybridized carbons (Fsp3) is 0.848. The second-order valence-corrected chi connectivity index (χ2v) is 11.6. The van der Waals surface area contributed by atoms with Crippen molar-refractivity contribution in [1.82, 2.24) is 21.3 Å². The number of rotatable bonds is 28. The van der Waals surface area contributed by atoms with Crippen molar-refractivity contribution < 1.29 is 24.0 Å². The number of hydrogen-bond donors (Lipinski definition) is 4. The van der Waals surface area contributed by atoms with E-state index < -0.39 is 12.1 Å². The Morgan fingerprint density at radius 1 is 0.476 bits per heavy atom. The molecule has 0 aromatic carbocycles. The van der Waals surface area contributed by atoms with Gasteiger partial charge >= 0.3 is 0 Å². The molecule has 2 unspecified atom stereocenters. The van der Waals surface area contributed by atoms with Crippen LogP contribution < -0.4 is 21.3 Å². The van der Waals surface area contributed by atoms with Crippen LogP contribution in [0.2, 0.25) is 0 Å². The Kier molecular flexibility index (Phi) is 25.8. The highest BCUT2D eigenvalue weighted by molar-refractivity contribution is 5.92. The van der Waals surface area contributed by atoms with Gasteiger partial charge in [-0.3, -0.25) is 24.0 Å². The minimum absolute atomic E-state index is 0.0493. The van der Waals surface area contributed by atoms with Gasteiger partial charge in [0.1, 0.15) is 6.04 Å². The summed E-state index contributed by atoms with van der Waals surface area (Å²) < 4.78 is 0. The van der Waals surface area contributed by atoms with Gasteiger partial charge in [0.25, 0.3) is 0 Å². The molecule has 0 saturated carbocycles. The van der Waals surface area contributed by atoms with Crippen molar-refractivity contribution in [2.45, 2.75) is 168 Å². The van der Waals surface area contributed by atoms with Crippen molar-refractivity contribution in [3.63, 3.8) is 0 Å². The van der Waals surface area contributed by atoms with E-state index >= 15 is 0 Å². The Morgan fingerprint density at radius 2 is 0.905 bits per heavy atom. The molecular weight excluding hydrogens is 532 g/mol. The van der Waals surface area contributed by atoms with Gasteiger partial charge in [0.15, 0.2) is 5.78 Å². The van der Waals surface area contributed by atoms with Crippen LogP contribution in [0.25, 0.3) is 0 Å². The van der Waals surface area contributed by atoms with E-state index in [1.807, 2.05) is 0 Å². The van der Waals surface area contributed by atoms with Crippen molar-refractivity contribution in [3.8, 4) is 0 Å². The summed E-state index contributed by atoms with van der Waals surface area (Å²) in [7, 11) is 0. The molecule has 4 amide bonds. The number of carbonyl (C=O) groups is 5. The van der Waals surface area contributed by atoms with Crippen molar-refractivity contribution in [1.29, 1.82) is 0 Å². The fourth-order valence-corrected chi connectivity index (χ4v) is 4.72. The molecule has 0 heterocycles. The Bertz CT molecular complexity index is 759. The van der Waals surface area contributed by atoms with Gasteiger partial charge in [-0.1, -0.05) is 72.1 Å². The largest absolute Gasteiger partial charge is 0.356 e. The summed E-state index contributed by atoms with van der Waals surface area (Å²) in [6.45, 7) is 8.90. The minimum atomic E-state index is -0.724. The van der Waals surface area contributed by atoms with E-state index in [4.69, 9.17) is 0 Å². The van der Waals surface area contributed by atoms with Gasteiger partial charge in [-0.25, -0.2) is 0 Å². The fourth-order valence-electron chi connectivity index (χ4n) is 4.72. The molecule has 42 heavy (non-hydrogen) atoms. The predicted molar refractivity (Wildman–Crippen MR) is 170 cm³/mol. The van der Waals surface area contributed by atoms with E-state index in [-0.39, 0.29) is 29.4 Å². The molecule has 0 aromatic heterocycles. The van der Waals surface area contributed by atoms with Gasteiger partial charge in [-0.2, -0.15) is 0 Å². The monoisotopic (exact) mass is 594 g/mol. The molecule has 9 heteroatoms. The van der Waals surface area contributed by atoms with Crippen LogP contribution in [0.3, 0.4) is 0 Å². The molecule has 0 rings (SSSR count). The normalized spacial score (nSPS) is 12.3. The first kappa shape index (κ1) is 39.5. The van der Waals surface area contributed by atoms with Gasteiger partial charge in [0.2, 0.25) is 23.6 Å². The number of Topliss-reactive ketones (excluding diaryl/α,β-unsaturated/α-hetero) is 1. The molecule has 0 radical (unpaired) electrons. The van der Waals surface area contributed by atoms with E-state index in [0.29, 0.717) is 64.5 Å². The van der Waals surface area contributed by atoms with E-state index in [9.17, 15) is 24.0 Å². The SMILES string of the molecule is CCCCCCCC(=O)NCCCCC(NC(=O)C(CCCCNC(=O)CCCCC)NC(=O)CCCCC)C(C)=O. The van der Waals surface area contributed by atoms with E-state index in [1.165, 1.54) is 26.2 Å². The first-order chi connectivity index (χ1) is 20.2. The topological polar surface area (TPSA) is 133 Å². The highest BCUT2D eigenvalue weighted by Gasteiger charge is 2.24. The molecule has 9 nitrogen and oxygen atoms in total. The molecule has 0 aliphatic heterocycles. The molecule has 0 aliphatic rings. The van der Waals surface area contributed by atoms with Crippen LogP contribution in [-0.4, -0.2) is 54.6 Å². The number of amides is 4. The van der Waals surface area contributed by atoms with Crippen molar-refractivity contribution in [3.05, 3.63) is 0 Å². The zero-order valence-electron chi connectivity index (χ0n) is 27.3. The van der Waals surface area contributed by atoms with Crippen LogP contribution >= 0.6 is 0 Å². The van der Waals surface area contributed by atoms with E-state index in [0.717, 1.165) is 57.8 Å². The summed E-state index contributed by atoms with van der Waals surface area (Å²) >= 11 is 0. The van der Waals surface area contributed by atoms with Crippen LogP contribution in [0.5, 0.6) is 0 Å². The van der Waals surface area contributed by atoms with Crippen molar-refractivity contribution >= 4 is 29.4 Å². The standard InChI is InChI=1S/C33H62N4O5/c1-5-8-11-12-15-23-31(40)35-25-18-16-20-28(27(4)38)37-33(42)29(36-32(41)24-14-10-7-3)21-17-19-26-34-30(39)22-13-9-6-2/h28-29H,5-26H2,1-4H3,(H,34,39)(H,35,40)(H,36,41)(H,37,42). The second-order valence-electron chi connectivity index (χ2n) is 11.6. The molecule has 0 bridgehead atoms. The third-order valence-corrected chi connectivity index (χ3v) is 7.46. The van der Waals surface area contributed by atoms with Gasteiger partial charge in [-0.15, -0.1) is 0 Å². The van der Waals surface area contributed by atoms with Crippen LogP contribution in [-0.2, 0) is 24.0 Å². The van der Waals surface area contributed by atoms with Crippen LogP contribution in [0, 0.1) is 0 Å². The second kappa shape index (κ2) is 27.4. The number of unbranched alkanes of at least 4 members (excludes halogenated alkanes) is 10. The Balaban J connectivity index is 4.68. The molecule has 2 atom stereocenters. The molecule has 0 aliphatic carbocycles. The maximum Gasteiger partial charge on any atom is 0.243 e. The smallest absolute Gasteiger partial charge is 0.243 e. The Labute approximate surface area is 255 Å². The lowest BCUT2D eigenvalue weighted by Crippen LogP contribution is -2.51. The number of ketones is 1. The van der Waals surface area contributed by atoms with Crippen LogP contribution in [0.15, 0.2) is 0 Å². The summed E-state index contributed by atoms with van der Waals surface area (Å²) in [6.07, 6.45) is 16.4. The Morgan fingerprint density at radius 3 is 1.40 bits per heavy atom. The first-order valence-corrected chi connectivity index (χ1v) is 16.9. The first-order valence-electron chi connectivity index (χ1n) is 16.9. The molecule has 244 valence electrons. The number of carbonyl (C=O) groups excluding carboxylic acids is 5. The number of hydrogen-bond acceptors (Lipinski definition) is 5. The highest BCUT2D eigenvalue weighted by Crippen LogP contribution is 2.08. The molecule has 0 aromatic rings. The summed E-state index contributed by atoms with van der Waals surface area (Å²) in [4.78, 5) is 61.9. The third kappa shape index (κ3) is 23.1. The van der Waals surface area contributed by atoms with E-state index in [1.54, 1.807) is 0 Å².